The SMILES string of the molecule is O=C(CSc1nnnn1C1CC1)Nc1ccc2nc(Cc3ccccc3F)[nH]c2c1. The van der Waals surface area contributed by atoms with Gasteiger partial charge in [-0.05, 0) is 53.1 Å². The second-order valence-corrected chi connectivity index (χ2v) is 8.10. The molecule has 0 aliphatic heterocycles. The number of aromatic amines is 1. The maximum atomic E-state index is 13.9. The number of imidazole rings is 1. The highest BCUT2D eigenvalue weighted by atomic mass is 32.2. The van der Waals surface area contributed by atoms with Crippen molar-refractivity contribution in [1.82, 2.24) is 30.2 Å². The third-order valence-electron chi connectivity index (χ3n) is 4.82. The Morgan fingerprint density at radius 2 is 2.13 bits per heavy atom. The van der Waals surface area contributed by atoms with Crippen LogP contribution in [-0.4, -0.2) is 41.8 Å². The molecule has 1 aliphatic rings. The molecule has 152 valence electrons. The number of fused-ring (bicyclic) bond motifs is 1. The quantitative estimate of drug-likeness (QED) is 0.442. The van der Waals surface area contributed by atoms with E-state index in [9.17, 15) is 9.18 Å². The van der Waals surface area contributed by atoms with Crippen molar-refractivity contribution in [2.75, 3.05) is 11.1 Å². The highest BCUT2D eigenvalue weighted by Gasteiger charge is 2.28. The fourth-order valence-electron chi connectivity index (χ4n) is 3.20. The largest absolute Gasteiger partial charge is 0.342 e. The van der Waals surface area contributed by atoms with Crippen LogP contribution in [0.25, 0.3) is 11.0 Å². The van der Waals surface area contributed by atoms with Gasteiger partial charge >= 0.3 is 0 Å². The van der Waals surface area contributed by atoms with Crippen molar-refractivity contribution in [3.63, 3.8) is 0 Å². The number of benzene rings is 2. The van der Waals surface area contributed by atoms with Gasteiger partial charge in [0.15, 0.2) is 0 Å². The van der Waals surface area contributed by atoms with Crippen LogP contribution in [0.3, 0.4) is 0 Å². The molecule has 2 N–H and O–H groups in total. The summed E-state index contributed by atoms with van der Waals surface area (Å²) in [7, 11) is 0. The summed E-state index contributed by atoms with van der Waals surface area (Å²) in [5.74, 6) is 0.486. The number of hydrogen-bond donors (Lipinski definition) is 2. The monoisotopic (exact) mass is 423 g/mol. The van der Waals surface area contributed by atoms with Gasteiger partial charge in [0.1, 0.15) is 11.6 Å². The average Bonchev–Trinajstić information content (AvgIpc) is 3.33. The molecule has 0 atom stereocenters. The summed E-state index contributed by atoms with van der Waals surface area (Å²) in [5.41, 5.74) is 2.79. The molecule has 2 aromatic heterocycles. The van der Waals surface area contributed by atoms with Gasteiger partial charge in [-0.3, -0.25) is 4.79 Å². The Morgan fingerprint density at radius 3 is 2.97 bits per heavy atom. The standard InChI is InChI=1S/C20H18FN7OS/c21-15-4-2-1-3-12(15)9-18-23-16-8-5-13(10-17(16)24-18)22-19(29)11-30-20-25-26-27-28(20)14-6-7-14/h1-5,8,10,14H,6-7,9,11H2,(H,22,29)(H,23,24). The number of halogens is 1. The van der Waals surface area contributed by atoms with Crippen LogP contribution >= 0.6 is 11.8 Å². The number of carbonyl (C=O) groups excluding carboxylic acids is 1. The molecule has 0 saturated heterocycles. The summed E-state index contributed by atoms with van der Waals surface area (Å²) >= 11 is 1.32. The van der Waals surface area contributed by atoms with Gasteiger partial charge in [-0.2, -0.15) is 0 Å². The molecule has 2 aromatic carbocycles. The van der Waals surface area contributed by atoms with Crippen LogP contribution in [0.5, 0.6) is 0 Å². The lowest BCUT2D eigenvalue weighted by Crippen LogP contribution is -2.14. The number of rotatable bonds is 7. The van der Waals surface area contributed by atoms with Gasteiger partial charge in [0.25, 0.3) is 0 Å². The van der Waals surface area contributed by atoms with Crippen molar-refractivity contribution >= 4 is 34.4 Å². The summed E-state index contributed by atoms with van der Waals surface area (Å²) in [6.45, 7) is 0. The Labute approximate surface area is 175 Å². The van der Waals surface area contributed by atoms with E-state index >= 15 is 0 Å². The number of carbonyl (C=O) groups is 1. The smallest absolute Gasteiger partial charge is 0.234 e. The van der Waals surface area contributed by atoms with Crippen LogP contribution in [0.2, 0.25) is 0 Å². The third-order valence-corrected chi connectivity index (χ3v) is 5.75. The van der Waals surface area contributed by atoms with E-state index in [0.717, 1.165) is 23.9 Å². The van der Waals surface area contributed by atoms with E-state index in [0.29, 0.717) is 34.7 Å². The minimum absolute atomic E-state index is 0.143. The van der Waals surface area contributed by atoms with Gasteiger partial charge in [-0.25, -0.2) is 14.1 Å². The summed E-state index contributed by atoms with van der Waals surface area (Å²) in [5, 5.41) is 15.2. The molecule has 30 heavy (non-hydrogen) atoms. The lowest BCUT2D eigenvalue weighted by molar-refractivity contribution is -0.113. The van der Waals surface area contributed by atoms with Crippen LogP contribution in [0, 0.1) is 5.82 Å². The van der Waals surface area contributed by atoms with Crippen molar-refractivity contribution in [2.45, 2.75) is 30.5 Å². The molecule has 0 radical (unpaired) electrons. The predicted molar refractivity (Wildman–Crippen MR) is 111 cm³/mol. The van der Waals surface area contributed by atoms with Crippen molar-refractivity contribution in [3.8, 4) is 0 Å². The van der Waals surface area contributed by atoms with E-state index in [4.69, 9.17) is 0 Å². The van der Waals surface area contributed by atoms with E-state index in [-0.39, 0.29) is 17.5 Å². The van der Waals surface area contributed by atoms with Crippen molar-refractivity contribution < 1.29 is 9.18 Å². The van der Waals surface area contributed by atoms with Gasteiger partial charge in [0.2, 0.25) is 11.1 Å². The second-order valence-electron chi connectivity index (χ2n) is 7.16. The summed E-state index contributed by atoms with van der Waals surface area (Å²) in [6, 6.07) is 12.5. The molecule has 0 spiro atoms. The third kappa shape index (κ3) is 4.04. The minimum atomic E-state index is -0.254. The van der Waals surface area contributed by atoms with Crippen molar-refractivity contribution in [2.24, 2.45) is 0 Å². The van der Waals surface area contributed by atoms with Crippen LogP contribution in [-0.2, 0) is 11.2 Å². The first kappa shape index (κ1) is 18.7. The van der Waals surface area contributed by atoms with Gasteiger partial charge < -0.3 is 10.3 Å². The first-order valence-electron chi connectivity index (χ1n) is 9.58. The summed E-state index contributed by atoms with van der Waals surface area (Å²) in [6.07, 6.45) is 2.52. The molecule has 8 nitrogen and oxygen atoms in total. The van der Waals surface area contributed by atoms with Gasteiger partial charge in [0.05, 0.1) is 22.8 Å². The minimum Gasteiger partial charge on any atom is -0.342 e. The zero-order chi connectivity index (χ0) is 20.5. The molecule has 0 bridgehead atoms. The lowest BCUT2D eigenvalue weighted by atomic mass is 10.1. The first-order valence-corrected chi connectivity index (χ1v) is 10.6. The molecular formula is C20H18FN7OS. The summed E-state index contributed by atoms with van der Waals surface area (Å²) < 4.78 is 15.7. The molecule has 5 rings (SSSR count). The Hall–Kier alpha value is -3.27. The maximum Gasteiger partial charge on any atom is 0.234 e. The number of nitrogens with one attached hydrogen (secondary N) is 2. The van der Waals surface area contributed by atoms with Crippen LogP contribution in [0.1, 0.15) is 30.3 Å². The number of hydrogen-bond acceptors (Lipinski definition) is 6. The van der Waals surface area contributed by atoms with E-state index < -0.39 is 0 Å². The molecule has 1 aliphatic carbocycles. The molecule has 4 aromatic rings. The fourth-order valence-corrected chi connectivity index (χ4v) is 3.95. The highest BCUT2D eigenvalue weighted by Crippen LogP contribution is 2.36. The number of aromatic nitrogens is 6. The van der Waals surface area contributed by atoms with Crippen molar-refractivity contribution in [1.29, 1.82) is 0 Å². The molecule has 1 fully saturated rings. The molecule has 2 heterocycles. The average molecular weight is 423 g/mol. The van der Waals surface area contributed by atoms with E-state index in [2.05, 4.69) is 30.8 Å². The van der Waals surface area contributed by atoms with Gasteiger partial charge in [-0.1, -0.05) is 30.0 Å². The number of H-pyrrole nitrogens is 1. The molecule has 0 unspecified atom stereocenters. The predicted octanol–water partition coefficient (Wildman–Crippen LogP) is 3.35. The fraction of sp³-hybridized carbons (Fsp3) is 0.250. The second kappa shape index (κ2) is 7.86. The Kier molecular flexibility index (Phi) is 4.91. The first-order chi connectivity index (χ1) is 14.7. The van der Waals surface area contributed by atoms with Crippen molar-refractivity contribution in [3.05, 3.63) is 59.7 Å². The summed E-state index contributed by atoms with van der Waals surface area (Å²) in [4.78, 5) is 20.1. The number of amides is 1. The maximum absolute atomic E-state index is 13.9. The van der Waals surface area contributed by atoms with Crippen LogP contribution in [0.15, 0.2) is 47.6 Å². The Balaban J connectivity index is 1.24. The Morgan fingerprint density at radius 1 is 1.27 bits per heavy atom. The number of thioether (sulfide) groups is 1. The molecule has 1 amide bonds. The number of nitrogens with zero attached hydrogens (tertiary/aromatic N) is 5. The van der Waals surface area contributed by atoms with E-state index in [1.165, 1.54) is 17.8 Å². The number of anilines is 1. The molecular weight excluding hydrogens is 405 g/mol. The highest BCUT2D eigenvalue weighted by molar-refractivity contribution is 7.99. The van der Waals surface area contributed by atoms with Gasteiger partial charge in [0, 0.05) is 12.1 Å². The van der Waals surface area contributed by atoms with E-state index in [1.54, 1.807) is 28.9 Å². The zero-order valence-corrected chi connectivity index (χ0v) is 16.7. The topological polar surface area (TPSA) is 101 Å². The zero-order valence-electron chi connectivity index (χ0n) is 15.9. The normalized spacial score (nSPS) is 13.6. The van der Waals surface area contributed by atoms with Crippen LogP contribution < -0.4 is 5.32 Å². The number of tetrazole rings is 1. The Bertz CT molecular complexity index is 1220. The van der Waals surface area contributed by atoms with E-state index in [1.807, 2.05) is 12.1 Å². The van der Waals surface area contributed by atoms with Crippen LogP contribution in [0.4, 0.5) is 10.1 Å². The molecule has 1 saturated carbocycles. The van der Waals surface area contributed by atoms with Gasteiger partial charge in [-0.15, -0.1) is 5.10 Å². The molecule has 10 heteroatoms. The lowest BCUT2D eigenvalue weighted by Gasteiger charge is -2.05.